The van der Waals surface area contributed by atoms with Gasteiger partial charge < -0.3 is 19.8 Å². The highest BCUT2D eigenvalue weighted by Gasteiger charge is 2.51. The van der Waals surface area contributed by atoms with E-state index in [0.717, 1.165) is 18.3 Å². The number of hydrogen-bond acceptors (Lipinski definition) is 8. The smallest absolute Gasteiger partial charge is 0.390 e. The van der Waals surface area contributed by atoms with Crippen LogP contribution in [-0.4, -0.2) is 97.1 Å². The molecule has 1 aromatic heterocycles. The Bertz CT molecular complexity index is 1240. The van der Waals surface area contributed by atoms with Crippen LogP contribution in [0.2, 0.25) is 0 Å². The third kappa shape index (κ3) is 5.59. The highest BCUT2D eigenvalue weighted by atomic mass is 32.2. The Morgan fingerprint density at radius 1 is 1.10 bits per heavy atom. The number of piperazine rings is 1. The molecule has 4 atom stereocenters. The number of morpholine rings is 1. The minimum absolute atomic E-state index is 0.0251. The fourth-order valence-electron chi connectivity index (χ4n) is 6.04. The quantitative estimate of drug-likeness (QED) is 0.535. The molecular formula is C26H34F3N3O5S2. The molecule has 0 radical (unpaired) electrons. The highest BCUT2D eigenvalue weighted by Crippen LogP contribution is 2.40. The number of piperidine rings is 1. The number of nitrogens with zero attached hydrogens (tertiary/aromatic N) is 3. The maximum atomic E-state index is 13.4. The number of alkyl halides is 3. The van der Waals surface area contributed by atoms with Crippen molar-refractivity contribution in [3.05, 3.63) is 47.3 Å². The molecule has 0 amide bonds. The Labute approximate surface area is 230 Å². The molecule has 39 heavy (non-hydrogen) atoms. The SMILES string of the molecule is CC1(O)CC2COCC(C1)N2CC1CN(S(=O)(=O)c2cccs2)CCN1c1ccc(C(C)(O)C(F)(F)F)cc1. The monoisotopic (exact) mass is 589 g/mol. The van der Waals surface area contributed by atoms with Crippen LogP contribution >= 0.6 is 11.3 Å². The van der Waals surface area contributed by atoms with Crippen LogP contribution < -0.4 is 4.90 Å². The molecule has 8 nitrogen and oxygen atoms in total. The molecule has 2 aromatic rings. The van der Waals surface area contributed by atoms with Crippen LogP contribution in [0.3, 0.4) is 0 Å². The molecule has 13 heteroatoms. The number of halogens is 3. The highest BCUT2D eigenvalue weighted by molar-refractivity contribution is 7.91. The molecule has 0 saturated carbocycles. The van der Waals surface area contributed by atoms with Crippen LogP contribution in [0.4, 0.5) is 18.9 Å². The molecule has 216 valence electrons. The first-order valence-corrected chi connectivity index (χ1v) is 15.3. The summed E-state index contributed by atoms with van der Waals surface area (Å²) < 4.78 is 74.4. The Balaban J connectivity index is 1.43. The van der Waals surface area contributed by atoms with E-state index in [9.17, 15) is 31.8 Å². The van der Waals surface area contributed by atoms with Gasteiger partial charge in [-0.3, -0.25) is 4.90 Å². The minimum atomic E-state index is -4.83. The third-order valence-corrected chi connectivity index (χ3v) is 11.4. The van der Waals surface area contributed by atoms with Crippen molar-refractivity contribution in [2.45, 2.75) is 66.4 Å². The summed E-state index contributed by atoms with van der Waals surface area (Å²) in [7, 11) is -3.69. The summed E-state index contributed by atoms with van der Waals surface area (Å²) in [6.45, 7) is 4.78. The first-order valence-electron chi connectivity index (χ1n) is 12.9. The average Bonchev–Trinajstić information content (AvgIpc) is 3.40. The van der Waals surface area contributed by atoms with Gasteiger partial charge in [-0.15, -0.1) is 11.3 Å². The molecule has 0 aliphatic carbocycles. The lowest BCUT2D eigenvalue weighted by Crippen LogP contribution is -2.66. The molecule has 3 saturated heterocycles. The van der Waals surface area contributed by atoms with Gasteiger partial charge in [-0.05, 0) is 55.8 Å². The van der Waals surface area contributed by atoms with Crippen molar-refractivity contribution < 1.29 is 36.5 Å². The molecule has 0 spiro atoms. The number of benzene rings is 1. The molecular weight excluding hydrogens is 555 g/mol. The predicted octanol–water partition coefficient (Wildman–Crippen LogP) is 3.01. The zero-order chi connectivity index (χ0) is 28.2. The summed E-state index contributed by atoms with van der Waals surface area (Å²) in [4.78, 5) is 4.33. The van der Waals surface area contributed by atoms with Gasteiger partial charge in [0.05, 0.1) is 24.9 Å². The second-order valence-corrected chi connectivity index (χ2v) is 14.3. The lowest BCUT2D eigenvalue weighted by molar-refractivity contribution is -0.258. The summed E-state index contributed by atoms with van der Waals surface area (Å²) in [6, 6.07) is 8.59. The van der Waals surface area contributed by atoms with Crippen molar-refractivity contribution in [3.8, 4) is 0 Å². The van der Waals surface area contributed by atoms with Crippen LogP contribution in [0, 0.1) is 0 Å². The number of thiophene rings is 1. The minimum Gasteiger partial charge on any atom is -0.390 e. The molecule has 3 fully saturated rings. The normalized spacial score (nSPS) is 30.7. The van der Waals surface area contributed by atoms with Gasteiger partial charge in [0.2, 0.25) is 0 Å². The lowest BCUT2D eigenvalue weighted by Gasteiger charge is -2.53. The number of fused-ring (bicyclic) bond motifs is 2. The third-order valence-electron chi connectivity index (χ3n) is 8.18. The van der Waals surface area contributed by atoms with E-state index in [4.69, 9.17) is 4.74 Å². The van der Waals surface area contributed by atoms with Gasteiger partial charge in [0.1, 0.15) is 4.21 Å². The molecule has 3 aliphatic heterocycles. The van der Waals surface area contributed by atoms with Gasteiger partial charge in [0.15, 0.2) is 5.60 Å². The van der Waals surface area contributed by atoms with Crippen molar-refractivity contribution in [3.63, 3.8) is 0 Å². The van der Waals surface area contributed by atoms with E-state index in [0.29, 0.717) is 44.8 Å². The van der Waals surface area contributed by atoms with Crippen molar-refractivity contribution in [2.75, 3.05) is 44.3 Å². The van der Waals surface area contributed by atoms with E-state index in [2.05, 4.69) is 4.90 Å². The van der Waals surface area contributed by atoms with E-state index in [1.54, 1.807) is 29.6 Å². The molecule has 4 heterocycles. The summed E-state index contributed by atoms with van der Waals surface area (Å²) >= 11 is 1.16. The van der Waals surface area contributed by atoms with E-state index in [-0.39, 0.29) is 41.0 Å². The van der Waals surface area contributed by atoms with Crippen LogP contribution in [0.5, 0.6) is 0 Å². The van der Waals surface area contributed by atoms with Gasteiger partial charge in [0.25, 0.3) is 10.0 Å². The standard InChI is InChI=1S/C26H34F3N3O5S2/c1-24(33)12-20-16-37-17-21(13-24)32(20)15-22-14-30(39(35,36)23-4-3-11-38-23)9-10-31(22)19-7-5-18(6-8-19)25(2,34)26(27,28)29/h3-8,11,20-22,33-34H,9-10,12-17H2,1-2H3. The first-order chi connectivity index (χ1) is 18.2. The zero-order valence-corrected chi connectivity index (χ0v) is 23.5. The van der Waals surface area contributed by atoms with Gasteiger partial charge in [-0.1, -0.05) is 18.2 Å². The second kappa shape index (κ2) is 10.3. The molecule has 2 bridgehead atoms. The predicted molar refractivity (Wildman–Crippen MR) is 141 cm³/mol. The van der Waals surface area contributed by atoms with Crippen molar-refractivity contribution in [2.24, 2.45) is 0 Å². The van der Waals surface area contributed by atoms with E-state index in [1.165, 1.54) is 16.4 Å². The Kier molecular flexibility index (Phi) is 7.58. The van der Waals surface area contributed by atoms with Crippen LogP contribution in [0.25, 0.3) is 0 Å². The summed E-state index contributed by atoms with van der Waals surface area (Å²) in [5.74, 6) is 0. The van der Waals surface area contributed by atoms with Crippen molar-refractivity contribution in [1.29, 1.82) is 0 Å². The van der Waals surface area contributed by atoms with Gasteiger partial charge in [-0.2, -0.15) is 17.5 Å². The van der Waals surface area contributed by atoms with Crippen LogP contribution in [0.15, 0.2) is 46.0 Å². The number of anilines is 1. The summed E-state index contributed by atoms with van der Waals surface area (Å²) in [5.41, 5.74) is -3.40. The van der Waals surface area contributed by atoms with Crippen LogP contribution in [0.1, 0.15) is 32.3 Å². The second-order valence-electron chi connectivity index (χ2n) is 11.2. The number of rotatable bonds is 6. The summed E-state index contributed by atoms with van der Waals surface area (Å²) in [5, 5.41) is 22.6. The summed E-state index contributed by atoms with van der Waals surface area (Å²) in [6.07, 6.45) is -3.75. The Morgan fingerprint density at radius 2 is 1.74 bits per heavy atom. The van der Waals surface area contributed by atoms with Crippen LogP contribution in [-0.2, 0) is 20.4 Å². The number of aliphatic hydroxyl groups is 2. The first kappa shape index (κ1) is 28.8. The molecule has 2 N–H and O–H groups in total. The van der Waals surface area contributed by atoms with Gasteiger partial charge in [-0.25, -0.2) is 8.42 Å². The van der Waals surface area contributed by atoms with Crippen molar-refractivity contribution >= 4 is 27.0 Å². The van der Waals surface area contributed by atoms with E-state index >= 15 is 0 Å². The van der Waals surface area contributed by atoms with Crippen molar-refractivity contribution in [1.82, 2.24) is 9.21 Å². The molecule has 5 rings (SSSR count). The largest absolute Gasteiger partial charge is 0.421 e. The zero-order valence-electron chi connectivity index (χ0n) is 21.8. The Hall–Kier alpha value is -1.74. The lowest BCUT2D eigenvalue weighted by atomic mass is 9.82. The van der Waals surface area contributed by atoms with E-state index < -0.39 is 27.4 Å². The van der Waals surface area contributed by atoms with Gasteiger partial charge >= 0.3 is 6.18 Å². The maximum absolute atomic E-state index is 13.4. The number of hydrogen-bond donors (Lipinski definition) is 2. The molecule has 4 unspecified atom stereocenters. The molecule has 3 aliphatic rings. The number of sulfonamides is 1. The van der Waals surface area contributed by atoms with Gasteiger partial charge in [0, 0.05) is 44.0 Å². The number of ether oxygens (including phenoxy) is 1. The molecule has 1 aromatic carbocycles. The maximum Gasteiger partial charge on any atom is 0.421 e. The Morgan fingerprint density at radius 3 is 2.31 bits per heavy atom. The average molecular weight is 590 g/mol. The topological polar surface area (TPSA) is 93.6 Å². The van der Waals surface area contributed by atoms with E-state index in [1.807, 2.05) is 11.8 Å². The fourth-order valence-corrected chi connectivity index (χ4v) is 8.66. The fraction of sp³-hybridized carbons (Fsp3) is 0.615.